The van der Waals surface area contributed by atoms with Crippen molar-refractivity contribution < 1.29 is 23.8 Å². The number of hydrogen-bond donors (Lipinski definition) is 1. The fourth-order valence-corrected chi connectivity index (χ4v) is 2.38. The first-order valence-corrected chi connectivity index (χ1v) is 5.90. The molecule has 1 aliphatic rings. The second-order valence-corrected chi connectivity index (χ2v) is 4.39. The van der Waals surface area contributed by atoms with Gasteiger partial charge in [0.2, 0.25) is 0 Å². The molecule has 0 bridgehead atoms. The summed E-state index contributed by atoms with van der Waals surface area (Å²) < 4.78 is 24.2. The van der Waals surface area contributed by atoms with Crippen LogP contribution in [0.25, 0.3) is 0 Å². The Bertz CT molecular complexity index is 468. The standard InChI is InChI=1S/C13H16FNO4/c1-18-10-6-15(7-11(10)19-2)9-5-3-4-8(14)12(9)13(16)17/h3-5,10-11H,6-7H2,1-2H3,(H,16,17). The minimum atomic E-state index is -1.28. The van der Waals surface area contributed by atoms with Crippen LogP contribution in [0.2, 0.25) is 0 Å². The van der Waals surface area contributed by atoms with Crippen LogP contribution >= 0.6 is 0 Å². The number of carboxylic acid groups (broad SMARTS) is 1. The molecule has 1 saturated heterocycles. The van der Waals surface area contributed by atoms with Crippen molar-refractivity contribution >= 4 is 11.7 Å². The van der Waals surface area contributed by atoms with Gasteiger partial charge in [-0.3, -0.25) is 0 Å². The molecule has 104 valence electrons. The Hall–Kier alpha value is -1.66. The number of anilines is 1. The summed E-state index contributed by atoms with van der Waals surface area (Å²) in [4.78, 5) is 12.9. The number of hydrogen-bond acceptors (Lipinski definition) is 4. The quantitative estimate of drug-likeness (QED) is 0.894. The third kappa shape index (κ3) is 2.54. The molecular formula is C13H16FNO4. The highest BCUT2D eigenvalue weighted by molar-refractivity contribution is 5.94. The van der Waals surface area contributed by atoms with E-state index in [1.54, 1.807) is 25.2 Å². The van der Waals surface area contributed by atoms with Crippen molar-refractivity contribution in [1.29, 1.82) is 0 Å². The predicted molar refractivity (Wildman–Crippen MR) is 67.2 cm³/mol. The largest absolute Gasteiger partial charge is 0.478 e. The van der Waals surface area contributed by atoms with E-state index in [0.29, 0.717) is 18.8 Å². The Morgan fingerprint density at radius 3 is 2.37 bits per heavy atom. The summed E-state index contributed by atoms with van der Waals surface area (Å²) in [6.45, 7) is 0.942. The SMILES string of the molecule is COC1CN(c2cccc(F)c2C(=O)O)CC1OC. The first kappa shape index (κ1) is 13.8. The third-order valence-electron chi connectivity index (χ3n) is 3.37. The van der Waals surface area contributed by atoms with E-state index < -0.39 is 11.8 Å². The molecule has 0 aromatic heterocycles. The Labute approximate surface area is 110 Å². The van der Waals surface area contributed by atoms with Gasteiger partial charge >= 0.3 is 5.97 Å². The van der Waals surface area contributed by atoms with E-state index in [-0.39, 0.29) is 17.8 Å². The minimum Gasteiger partial charge on any atom is -0.478 e. The Morgan fingerprint density at radius 1 is 1.32 bits per heavy atom. The van der Waals surface area contributed by atoms with Crippen molar-refractivity contribution in [2.24, 2.45) is 0 Å². The van der Waals surface area contributed by atoms with Crippen LogP contribution in [0.3, 0.4) is 0 Å². The van der Waals surface area contributed by atoms with Crippen LogP contribution < -0.4 is 4.90 Å². The molecule has 1 heterocycles. The molecule has 0 amide bonds. The molecule has 1 aromatic carbocycles. The van der Waals surface area contributed by atoms with Crippen LogP contribution in [0, 0.1) is 5.82 Å². The first-order chi connectivity index (χ1) is 9.08. The van der Waals surface area contributed by atoms with E-state index in [9.17, 15) is 9.18 Å². The number of halogens is 1. The number of aromatic carboxylic acids is 1. The summed E-state index contributed by atoms with van der Waals surface area (Å²) in [7, 11) is 3.15. The number of methoxy groups -OCH3 is 2. The van der Waals surface area contributed by atoms with E-state index in [2.05, 4.69) is 0 Å². The Morgan fingerprint density at radius 2 is 1.89 bits per heavy atom. The maximum Gasteiger partial charge on any atom is 0.340 e. The van der Waals surface area contributed by atoms with Crippen molar-refractivity contribution in [3.05, 3.63) is 29.6 Å². The summed E-state index contributed by atoms with van der Waals surface area (Å²) in [6, 6.07) is 4.24. The fourth-order valence-electron chi connectivity index (χ4n) is 2.38. The van der Waals surface area contributed by atoms with Gasteiger partial charge in [0.05, 0.1) is 5.69 Å². The second-order valence-electron chi connectivity index (χ2n) is 4.39. The summed E-state index contributed by atoms with van der Waals surface area (Å²) in [5.74, 6) is -2.01. The van der Waals surface area contributed by atoms with Crippen LogP contribution in [-0.2, 0) is 9.47 Å². The molecular weight excluding hydrogens is 253 g/mol. The molecule has 0 saturated carbocycles. The molecule has 2 atom stereocenters. The number of benzene rings is 1. The second kappa shape index (κ2) is 5.54. The summed E-state index contributed by atoms with van der Waals surface area (Å²) in [5, 5.41) is 9.12. The average molecular weight is 269 g/mol. The molecule has 6 heteroatoms. The highest BCUT2D eigenvalue weighted by Gasteiger charge is 2.35. The monoisotopic (exact) mass is 269 g/mol. The molecule has 1 fully saturated rings. The van der Waals surface area contributed by atoms with Gasteiger partial charge < -0.3 is 19.5 Å². The fraction of sp³-hybridized carbons (Fsp3) is 0.462. The number of carboxylic acids is 1. The van der Waals surface area contributed by atoms with Gasteiger partial charge in [0.1, 0.15) is 23.6 Å². The number of nitrogens with zero attached hydrogens (tertiary/aromatic N) is 1. The average Bonchev–Trinajstić information content (AvgIpc) is 2.81. The van der Waals surface area contributed by atoms with Gasteiger partial charge in [-0.1, -0.05) is 6.07 Å². The summed E-state index contributed by atoms with van der Waals surface area (Å²) >= 11 is 0. The van der Waals surface area contributed by atoms with E-state index >= 15 is 0 Å². The molecule has 1 aromatic rings. The van der Waals surface area contributed by atoms with E-state index in [1.165, 1.54) is 6.07 Å². The van der Waals surface area contributed by atoms with Crippen molar-refractivity contribution in [3.8, 4) is 0 Å². The molecule has 0 radical (unpaired) electrons. The lowest BCUT2D eigenvalue weighted by atomic mass is 10.1. The van der Waals surface area contributed by atoms with Crippen LogP contribution in [0.5, 0.6) is 0 Å². The lowest BCUT2D eigenvalue weighted by molar-refractivity contribution is -0.00461. The summed E-state index contributed by atoms with van der Waals surface area (Å²) in [6.07, 6.45) is -0.315. The highest BCUT2D eigenvalue weighted by atomic mass is 19.1. The highest BCUT2D eigenvalue weighted by Crippen LogP contribution is 2.28. The van der Waals surface area contributed by atoms with Crippen molar-refractivity contribution in [2.45, 2.75) is 12.2 Å². The zero-order valence-corrected chi connectivity index (χ0v) is 10.8. The predicted octanol–water partition coefficient (Wildman–Crippen LogP) is 1.37. The molecule has 2 rings (SSSR count). The molecule has 2 unspecified atom stereocenters. The molecule has 19 heavy (non-hydrogen) atoms. The smallest absolute Gasteiger partial charge is 0.340 e. The van der Waals surface area contributed by atoms with Gasteiger partial charge in [0.15, 0.2) is 0 Å². The molecule has 0 spiro atoms. The van der Waals surface area contributed by atoms with E-state index in [4.69, 9.17) is 14.6 Å². The molecule has 1 N–H and O–H groups in total. The van der Waals surface area contributed by atoms with Crippen LogP contribution in [0.15, 0.2) is 18.2 Å². The van der Waals surface area contributed by atoms with Crippen molar-refractivity contribution in [2.75, 3.05) is 32.2 Å². The van der Waals surface area contributed by atoms with E-state index in [1.807, 2.05) is 0 Å². The first-order valence-electron chi connectivity index (χ1n) is 5.90. The zero-order valence-electron chi connectivity index (χ0n) is 10.8. The van der Waals surface area contributed by atoms with Gasteiger partial charge in [0, 0.05) is 27.3 Å². The lowest BCUT2D eigenvalue weighted by Crippen LogP contribution is -2.27. The lowest BCUT2D eigenvalue weighted by Gasteiger charge is -2.20. The van der Waals surface area contributed by atoms with Crippen molar-refractivity contribution in [3.63, 3.8) is 0 Å². The molecule has 5 nitrogen and oxygen atoms in total. The minimum absolute atomic E-state index is 0.157. The van der Waals surface area contributed by atoms with Gasteiger partial charge in [-0.05, 0) is 12.1 Å². The topological polar surface area (TPSA) is 59.0 Å². The van der Waals surface area contributed by atoms with Gasteiger partial charge in [-0.15, -0.1) is 0 Å². The van der Waals surface area contributed by atoms with Crippen molar-refractivity contribution in [1.82, 2.24) is 0 Å². The third-order valence-corrected chi connectivity index (χ3v) is 3.37. The molecule has 0 aliphatic carbocycles. The Kier molecular flexibility index (Phi) is 4.01. The van der Waals surface area contributed by atoms with E-state index in [0.717, 1.165) is 6.07 Å². The van der Waals surface area contributed by atoms with Gasteiger partial charge in [-0.25, -0.2) is 9.18 Å². The van der Waals surface area contributed by atoms with Crippen LogP contribution in [-0.4, -0.2) is 50.6 Å². The van der Waals surface area contributed by atoms with Gasteiger partial charge in [-0.2, -0.15) is 0 Å². The Balaban J connectivity index is 2.33. The maximum absolute atomic E-state index is 13.6. The zero-order chi connectivity index (χ0) is 14.0. The van der Waals surface area contributed by atoms with Crippen LogP contribution in [0.1, 0.15) is 10.4 Å². The number of ether oxygens (including phenoxy) is 2. The number of rotatable bonds is 4. The number of carbonyl (C=O) groups is 1. The summed E-state index contributed by atoms with van der Waals surface area (Å²) in [5.41, 5.74) is 0.0446. The maximum atomic E-state index is 13.6. The molecule has 1 aliphatic heterocycles. The van der Waals surface area contributed by atoms with Gasteiger partial charge in [0.25, 0.3) is 0 Å². The normalized spacial score (nSPS) is 22.8. The van der Waals surface area contributed by atoms with Crippen LogP contribution in [0.4, 0.5) is 10.1 Å².